The number of methoxy groups -OCH3 is 1. The Balaban J connectivity index is 1.97. The van der Waals surface area contributed by atoms with Crippen LogP contribution < -0.4 is 15.8 Å². The monoisotopic (exact) mass is 236 g/mol. The molecular formula is C12H16N2O3. The van der Waals surface area contributed by atoms with Crippen LogP contribution in [0.3, 0.4) is 0 Å². The van der Waals surface area contributed by atoms with Gasteiger partial charge in [0.05, 0.1) is 26.2 Å². The predicted octanol–water partition coefficient (Wildman–Crippen LogP) is 0.607. The maximum Gasteiger partial charge on any atom is 0.231 e. The van der Waals surface area contributed by atoms with Gasteiger partial charge in [-0.2, -0.15) is 0 Å². The number of anilines is 1. The quantitative estimate of drug-likeness (QED) is 0.806. The molecule has 1 aliphatic heterocycles. The zero-order valence-electron chi connectivity index (χ0n) is 9.68. The highest BCUT2D eigenvalue weighted by Gasteiger charge is 2.31. The number of carbonyl (C=O) groups excluding carboxylic acids is 1. The van der Waals surface area contributed by atoms with E-state index in [1.54, 1.807) is 31.4 Å². The standard InChI is InChI=1S/C12H16N2O3/c1-16-9-4-2-8(3-5-9)14-12(15)10-6-17-7-11(10)13/h2-5,10-11H,6-7,13H2,1H3,(H,14,15). The molecule has 5 heteroatoms. The molecule has 1 aromatic rings. The number of nitrogens with one attached hydrogen (secondary N) is 1. The Morgan fingerprint density at radius 1 is 1.41 bits per heavy atom. The summed E-state index contributed by atoms with van der Waals surface area (Å²) in [5.41, 5.74) is 6.50. The summed E-state index contributed by atoms with van der Waals surface area (Å²) >= 11 is 0. The van der Waals surface area contributed by atoms with E-state index >= 15 is 0 Å². The van der Waals surface area contributed by atoms with Crippen LogP contribution in [0.15, 0.2) is 24.3 Å². The number of ether oxygens (including phenoxy) is 2. The van der Waals surface area contributed by atoms with Crippen LogP contribution in [0, 0.1) is 5.92 Å². The first-order valence-corrected chi connectivity index (χ1v) is 5.49. The third-order valence-electron chi connectivity index (χ3n) is 2.82. The normalized spacial score (nSPS) is 23.4. The average molecular weight is 236 g/mol. The van der Waals surface area contributed by atoms with E-state index in [0.717, 1.165) is 11.4 Å². The van der Waals surface area contributed by atoms with Crippen LogP contribution >= 0.6 is 0 Å². The van der Waals surface area contributed by atoms with Gasteiger partial charge >= 0.3 is 0 Å². The van der Waals surface area contributed by atoms with Gasteiger partial charge < -0.3 is 20.5 Å². The van der Waals surface area contributed by atoms with Gasteiger partial charge in [0.15, 0.2) is 0 Å². The first-order valence-electron chi connectivity index (χ1n) is 5.49. The Hall–Kier alpha value is -1.59. The summed E-state index contributed by atoms with van der Waals surface area (Å²) in [6, 6.07) is 6.95. The molecule has 1 heterocycles. The van der Waals surface area contributed by atoms with E-state index in [1.807, 2.05) is 0 Å². The Morgan fingerprint density at radius 3 is 2.65 bits per heavy atom. The van der Waals surface area contributed by atoms with Crippen molar-refractivity contribution in [3.8, 4) is 5.75 Å². The second kappa shape index (κ2) is 5.16. The lowest BCUT2D eigenvalue weighted by Crippen LogP contribution is -2.37. The zero-order valence-corrected chi connectivity index (χ0v) is 9.68. The summed E-state index contributed by atoms with van der Waals surface area (Å²) in [6.45, 7) is 0.837. The molecule has 17 heavy (non-hydrogen) atoms. The molecule has 2 rings (SSSR count). The first kappa shape index (κ1) is 11.9. The fourth-order valence-electron chi connectivity index (χ4n) is 1.75. The Labute approximate surface area is 99.9 Å². The maximum absolute atomic E-state index is 11.9. The molecule has 1 amide bonds. The Morgan fingerprint density at radius 2 is 2.12 bits per heavy atom. The molecule has 1 fully saturated rings. The molecule has 0 radical (unpaired) electrons. The molecule has 1 aromatic carbocycles. The number of hydrogen-bond donors (Lipinski definition) is 2. The lowest BCUT2D eigenvalue weighted by molar-refractivity contribution is -0.120. The molecule has 92 valence electrons. The SMILES string of the molecule is COc1ccc(NC(=O)C2COCC2N)cc1. The largest absolute Gasteiger partial charge is 0.497 e. The van der Waals surface area contributed by atoms with Crippen molar-refractivity contribution >= 4 is 11.6 Å². The maximum atomic E-state index is 11.9. The molecule has 0 spiro atoms. The molecule has 2 unspecified atom stereocenters. The fourth-order valence-corrected chi connectivity index (χ4v) is 1.75. The second-order valence-corrected chi connectivity index (χ2v) is 4.03. The van der Waals surface area contributed by atoms with Crippen molar-refractivity contribution in [3.63, 3.8) is 0 Å². The van der Waals surface area contributed by atoms with E-state index in [1.165, 1.54) is 0 Å². The van der Waals surface area contributed by atoms with Crippen molar-refractivity contribution in [1.29, 1.82) is 0 Å². The highest BCUT2D eigenvalue weighted by molar-refractivity contribution is 5.93. The lowest BCUT2D eigenvalue weighted by atomic mass is 10.0. The number of rotatable bonds is 3. The molecule has 1 saturated heterocycles. The minimum atomic E-state index is -0.267. The molecule has 0 saturated carbocycles. The van der Waals surface area contributed by atoms with Gasteiger partial charge in [0.25, 0.3) is 0 Å². The number of nitrogens with two attached hydrogens (primary N) is 1. The van der Waals surface area contributed by atoms with Gasteiger partial charge in [-0.1, -0.05) is 0 Å². The van der Waals surface area contributed by atoms with E-state index in [4.69, 9.17) is 15.2 Å². The predicted molar refractivity (Wildman–Crippen MR) is 63.9 cm³/mol. The summed E-state index contributed by atoms with van der Waals surface area (Å²) in [5.74, 6) is 0.390. The van der Waals surface area contributed by atoms with Crippen molar-refractivity contribution < 1.29 is 14.3 Å². The van der Waals surface area contributed by atoms with Gasteiger partial charge in [0.1, 0.15) is 5.75 Å². The molecule has 5 nitrogen and oxygen atoms in total. The summed E-state index contributed by atoms with van der Waals surface area (Å²) in [5, 5.41) is 2.81. The number of hydrogen-bond acceptors (Lipinski definition) is 4. The zero-order chi connectivity index (χ0) is 12.3. The van der Waals surface area contributed by atoms with Gasteiger partial charge in [-0.3, -0.25) is 4.79 Å². The van der Waals surface area contributed by atoms with E-state index in [0.29, 0.717) is 13.2 Å². The summed E-state index contributed by atoms with van der Waals surface area (Å²) < 4.78 is 10.2. The number of benzene rings is 1. The summed E-state index contributed by atoms with van der Waals surface area (Å²) in [7, 11) is 1.60. The van der Waals surface area contributed by atoms with E-state index in [2.05, 4.69) is 5.32 Å². The van der Waals surface area contributed by atoms with Gasteiger partial charge in [0.2, 0.25) is 5.91 Å². The fraction of sp³-hybridized carbons (Fsp3) is 0.417. The molecule has 3 N–H and O–H groups in total. The van der Waals surface area contributed by atoms with Crippen LogP contribution in [0.1, 0.15) is 0 Å². The topological polar surface area (TPSA) is 73.6 Å². The highest BCUT2D eigenvalue weighted by Crippen LogP contribution is 2.18. The third kappa shape index (κ3) is 2.75. The van der Waals surface area contributed by atoms with Crippen LogP contribution in [0.2, 0.25) is 0 Å². The highest BCUT2D eigenvalue weighted by atomic mass is 16.5. The van der Waals surface area contributed by atoms with Crippen molar-refractivity contribution in [3.05, 3.63) is 24.3 Å². The lowest BCUT2D eigenvalue weighted by Gasteiger charge is -2.13. The van der Waals surface area contributed by atoms with E-state index in [-0.39, 0.29) is 17.9 Å². The summed E-state index contributed by atoms with van der Waals surface area (Å²) in [4.78, 5) is 11.9. The molecular weight excluding hydrogens is 220 g/mol. The minimum absolute atomic E-state index is 0.0971. The van der Waals surface area contributed by atoms with Crippen molar-refractivity contribution in [2.24, 2.45) is 11.7 Å². The molecule has 0 bridgehead atoms. The Bertz CT molecular complexity index is 391. The van der Waals surface area contributed by atoms with E-state index < -0.39 is 0 Å². The molecule has 2 atom stereocenters. The van der Waals surface area contributed by atoms with E-state index in [9.17, 15) is 4.79 Å². The molecule has 0 aliphatic carbocycles. The van der Waals surface area contributed by atoms with Gasteiger partial charge in [-0.15, -0.1) is 0 Å². The van der Waals surface area contributed by atoms with Crippen molar-refractivity contribution in [2.75, 3.05) is 25.6 Å². The average Bonchev–Trinajstić information content (AvgIpc) is 2.76. The van der Waals surface area contributed by atoms with Crippen LogP contribution in [0.5, 0.6) is 5.75 Å². The smallest absolute Gasteiger partial charge is 0.231 e. The van der Waals surface area contributed by atoms with Crippen LogP contribution in [0.4, 0.5) is 5.69 Å². The molecule has 0 aromatic heterocycles. The van der Waals surface area contributed by atoms with Crippen LogP contribution in [-0.2, 0) is 9.53 Å². The van der Waals surface area contributed by atoms with Crippen molar-refractivity contribution in [2.45, 2.75) is 6.04 Å². The van der Waals surface area contributed by atoms with Crippen LogP contribution in [-0.4, -0.2) is 32.3 Å². The second-order valence-electron chi connectivity index (χ2n) is 4.03. The van der Waals surface area contributed by atoms with Crippen LogP contribution in [0.25, 0.3) is 0 Å². The van der Waals surface area contributed by atoms with Gasteiger partial charge in [-0.25, -0.2) is 0 Å². The minimum Gasteiger partial charge on any atom is -0.497 e. The first-order chi connectivity index (χ1) is 8.20. The van der Waals surface area contributed by atoms with Crippen molar-refractivity contribution in [1.82, 2.24) is 0 Å². The Kier molecular flexibility index (Phi) is 3.61. The molecule has 1 aliphatic rings. The third-order valence-corrected chi connectivity index (χ3v) is 2.82. The van der Waals surface area contributed by atoms with Gasteiger partial charge in [-0.05, 0) is 24.3 Å². The number of amides is 1. The number of carbonyl (C=O) groups is 1. The summed E-state index contributed by atoms with van der Waals surface area (Å²) in [6.07, 6.45) is 0. The van der Waals surface area contributed by atoms with Gasteiger partial charge in [0, 0.05) is 11.7 Å².